The number of carbonyl (C=O) groups excluding carboxylic acids is 1. The number of nitrogens with zero attached hydrogens (tertiary/aromatic N) is 1. The Kier molecular flexibility index (Phi) is 7.37. The summed E-state index contributed by atoms with van der Waals surface area (Å²) in [5.41, 5.74) is 3.11. The van der Waals surface area contributed by atoms with Gasteiger partial charge in [0.25, 0.3) is 11.5 Å². The van der Waals surface area contributed by atoms with Gasteiger partial charge in [0.05, 0.1) is 18.2 Å². The summed E-state index contributed by atoms with van der Waals surface area (Å²) in [5.74, 6) is 2.61. The van der Waals surface area contributed by atoms with Crippen molar-refractivity contribution >= 4 is 17.5 Å². The third-order valence-electron chi connectivity index (χ3n) is 9.32. The number of H-pyrrole nitrogens is 1. The lowest BCUT2D eigenvalue weighted by molar-refractivity contribution is 0.0199. The highest BCUT2D eigenvalue weighted by Crippen LogP contribution is 2.45. The molecule has 1 amide bonds. The van der Waals surface area contributed by atoms with Crippen LogP contribution in [0.3, 0.4) is 0 Å². The van der Waals surface area contributed by atoms with Gasteiger partial charge >= 0.3 is 0 Å². The smallest absolute Gasteiger partial charge is 0.253 e. The van der Waals surface area contributed by atoms with Gasteiger partial charge in [-0.05, 0) is 70.1 Å². The molecule has 1 aromatic heterocycles. The molecule has 6 rings (SSSR count). The Bertz CT molecular complexity index is 1310. The van der Waals surface area contributed by atoms with Crippen LogP contribution in [0.15, 0.2) is 16.9 Å². The van der Waals surface area contributed by atoms with Gasteiger partial charge in [-0.25, -0.2) is 0 Å². The van der Waals surface area contributed by atoms with E-state index in [0.717, 1.165) is 49.1 Å². The van der Waals surface area contributed by atoms with Crippen LogP contribution in [-0.4, -0.2) is 60.8 Å². The number of pyridine rings is 1. The minimum Gasteiger partial charge on any atom is -0.484 e. The number of aryl methyl sites for hydroxylation is 2. The number of ether oxygens (including phenoxy) is 3. The normalized spacial score (nSPS) is 28.4. The molecule has 1 aromatic carbocycles. The maximum absolute atomic E-state index is 13.2. The van der Waals surface area contributed by atoms with E-state index in [1.807, 2.05) is 26.8 Å². The molecular weight excluding hydrogens is 518 g/mol. The number of amides is 1. The Hall–Kier alpha value is -2.55. The topological polar surface area (TPSA) is 92.9 Å². The van der Waals surface area contributed by atoms with Crippen molar-refractivity contribution in [2.75, 3.05) is 32.9 Å². The van der Waals surface area contributed by atoms with E-state index in [4.69, 9.17) is 25.8 Å². The first-order chi connectivity index (χ1) is 18.8. The summed E-state index contributed by atoms with van der Waals surface area (Å²) in [7, 11) is 0. The second-order valence-corrected chi connectivity index (χ2v) is 12.3. The number of aromatic amines is 1. The van der Waals surface area contributed by atoms with Crippen LogP contribution >= 0.6 is 11.6 Å². The molecule has 2 N–H and O–H groups in total. The molecule has 3 aliphatic heterocycles. The van der Waals surface area contributed by atoms with Crippen molar-refractivity contribution in [3.8, 4) is 11.5 Å². The van der Waals surface area contributed by atoms with Crippen molar-refractivity contribution in [2.24, 2.45) is 17.8 Å². The highest BCUT2D eigenvalue weighted by atomic mass is 35.5. The molecule has 3 fully saturated rings. The molecule has 4 heterocycles. The number of nitrogens with one attached hydrogen (secondary N) is 2. The van der Waals surface area contributed by atoms with Crippen LogP contribution in [0.25, 0.3) is 0 Å². The van der Waals surface area contributed by atoms with E-state index in [2.05, 4.69) is 15.2 Å². The number of likely N-dealkylation sites (tertiary alicyclic amines) is 1. The summed E-state index contributed by atoms with van der Waals surface area (Å²) in [6.45, 7) is 10.4. The summed E-state index contributed by atoms with van der Waals surface area (Å²) < 4.78 is 18.3. The third-order valence-corrected chi connectivity index (χ3v) is 9.60. The van der Waals surface area contributed by atoms with Gasteiger partial charge in [0.15, 0.2) is 11.5 Å². The molecule has 0 radical (unpaired) electrons. The number of carbonyl (C=O) groups is 1. The number of benzene rings is 1. The highest BCUT2D eigenvalue weighted by molar-refractivity contribution is 6.32. The number of fused-ring (bicyclic) bond motifs is 2. The van der Waals surface area contributed by atoms with Crippen LogP contribution in [0, 0.1) is 38.5 Å². The van der Waals surface area contributed by atoms with E-state index in [-0.39, 0.29) is 24.1 Å². The standard InChI is InChI=1S/C30H38ClN3O5/c1-16-8-17(2)33-30(36)24(16)10-32-29(35)23-9-25(31)28-27(18(23)3)39-26(15-38-28)19-4-6-22(7-5-19)34-11-20-13-37-14-21(20)12-34/h8-9,19-22,26H,4-7,10-15H2,1-3H3,(H,32,35)(H,33,36)/t19?,20?,21?,22?,26-/m0/s1. The first-order valence-corrected chi connectivity index (χ1v) is 14.6. The number of rotatable bonds is 5. The zero-order valence-electron chi connectivity index (χ0n) is 23.0. The summed E-state index contributed by atoms with van der Waals surface area (Å²) in [6, 6.07) is 4.18. The van der Waals surface area contributed by atoms with Gasteiger partial charge < -0.3 is 24.5 Å². The van der Waals surface area contributed by atoms with Crippen LogP contribution in [0.2, 0.25) is 5.02 Å². The molecule has 210 valence electrons. The van der Waals surface area contributed by atoms with Gasteiger partial charge in [-0.2, -0.15) is 0 Å². The molecule has 1 aliphatic carbocycles. The molecule has 3 atom stereocenters. The number of halogens is 1. The van der Waals surface area contributed by atoms with E-state index < -0.39 is 0 Å². The van der Waals surface area contributed by atoms with Gasteiger partial charge in [-0.15, -0.1) is 0 Å². The van der Waals surface area contributed by atoms with Crippen molar-refractivity contribution in [3.63, 3.8) is 0 Å². The maximum atomic E-state index is 13.2. The van der Waals surface area contributed by atoms with E-state index in [9.17, 15) is 9.59 Å². The Labute approximate surface area is 234 Å². The molecule has 2 aromatic rings. The lowest BCUT2D eigenvalue weighted by Gasteiger charge is -2.39. The van der Waals surface area contributed by atoms with Crippen LogP contribution < -0.4 is 20.3 Å². The van der Waals surface area contributed by atoms with Crippen molar-refractivity contribution in [1.82, 2.24) is 15.2 Å². The Balaban J connectivity index is 1.11. The van der Waals surface area contributed by atoms with Gasteiger partial charge in [0.2, 0.25) is 0 Å². The van der Waals surface area contributed by atoms with Crippen LogP contribution in [-0.2, 0) is 11.3 Å². The quantitative estimate of drug-likeness (QED) is 0.575. The lowest BCUT2D eigenvalue weighted by atomic mass is 9.82. The zero-order chi connectivity index (χ0) is 27.3. The van der Waals surface area contributed by atoms with Gasteiger partial charge in [-0.3, -0.25) is 14.5 Å². The Morgan fingerprint density at radius 3 is 2.44 bits per heavy atom. The van der Waals surface area contributed by atoms with Crippen molar-refractivity contribution in [2.45, 2.75) is 65.1 Å². The minimum atomic E-state index is -0.302. The summed E-state index contributed by atoms with van der Waals surface area (Å²) in [6.07, 6.45) is 4.50. The molecular formula is C30H38ClN3O5. The maximum Gasteiger partial charge on any atom is 0.253 e. The van der Waals surface area contributed by atoms with E-state index in [1.165, 1.54) is 25.9 Å². The largest absolute Gasteiger partial charge is 0.484 e. The second-order valence-electron chi connectivity index (χ2n) is 11.9. The predicted molar refractivity (Wildman–Crippen MR) is 149 cm³/mol. The zero-order valence-corrected chi connectivity index (χ0v) is 23.7. The van der Waals surface area contributed by atoms with Crippen LogP contribution in [0.5, 0.6) is 11.5 Å². The fourth-order valence-corrected chi connectivity index (χ4v) is 7.27. The summed E-state index contributed by atoms with van der Waals surface area (Å²) in [4.78, 5) is 31.1. The molecule has 0 bridgehead atoms. The first kappa shape index (κ1) is 26.7. The molecule has 0 spiro atoms. The summed E-state index contributed by atoms with van der Waals surface area (Å²) in [5, 5.41) is 3.24. The molecule has 1 saturated carbocycles. The second kappa shape index (κ2) is 10.8. The molecule has 9 heteroatoms. The average Bonchev–Trinajstić information content (AvgIpc) is 3.53. The van der Waals surface area contributed by atoms with Crippen LogP contribution in [0.1, 0.15) is 58.4 Å². The highest BCUT2D eigenvalue weighted by Gasteiger charge is 2.42. The summed E-state index contributed by atoms with van der Waals surface area (Å²) >= 11 is 6.56. The van der Waals surface area contributed by atoms with Crippen molar-refractivity contribution in [1.29, 1.82) is 0 Å². The average molecular weight is 556 g/mol. The van der Waals surface area contributed by atoms with E-state index >= 15 is 0 Å². The van der Waals surface area contributed by atoms with Crippen LogP contribution in [0.4, 0.5) is 0 Å². The fraction of sp³-hybridized carbons (Fsp3) is 0.600. The van der Waals surface area contributed by atoms with E-state index in [0.29, 0.717) is 51.8 Å². The molecule has 8 nitrogen and oxygen atoms in total. The molecule has 2 unspecified atom stereocenters. The Morgan fingerprint density at radius 1 is 1.03 bits per heavy atom. The van der Waals surface area contributed by atoms with Crippen molar-refractivity contribution < 1.29 is 19.0 Å². The number of hydrogen-bond acceptors (Lipinski definition) is 6. The predicted octanol–water partition coefficient (Wildman–Crippen LogP) is 4.16. The van der Waals surface area contributed by atoms with Gasteiger partial charge in [-0.1, -0.05) is 11.6 Å². The van der Waals surface area contributed by atoms with Gasteiger partial charge in [0.1, 0.15) is 12.7 Å². The van der Waals surface area contributed by atoms with Gasteiger partial charge in [0, 0.05) is 59.9 Å². The van der Waals surface area contributed by atoms with E-state index in [1.54, 1.807) is 6.07 Å². The molecule has 2 saturated heterocycles. The number of hydrogen-bond donors (Lipinski definition) is 2. The fourth-order valence-electron chi connectivity index (χ4n) is 7.02. The third kappa shape index (κ3) is 5.19. The first-order valence-electron chi connectivity index (χ1n) is 14.2. The minimum absolute atomic E-state index is 0.0633. The molecule has 4 aliphatic rings. The number of aromatic nitrogens is 1. The molecule has 39 heavy (non-hydrogen) atoms. The SMILES string of the molecule is Cc1cc(C)c(CNC(=O)c2cc(Cl)c3c(c2C)O[C@H](C2CCC(N4CC5COCC5C4)CC2)CO3)c(=O)[nH]1. The lowest BCUT2D eigenvalue weighted by Crippen LogP contribution is -2.43. The monoisotopic (exact) mass is 555 g/mol. The van der Waals surface area contributed by atoms with Crippen molar-refractivity contribution in [3.05, 3.63) is 55.5 Å². The Morgan fingerprint density at radius 2 is 1.74 bits per heavy atom.